The molecule has 18 heavy (non-hydrogen) atoms. The van der Waals surface area contributed by atoms with Crippen molar-refractivity contribution in [2.45, 2.75) is 31.5 Å². The minimum atomic E-state index is -1.13. The third-order valence-corrected chi connectivity index (χ3v) is 3.38. The Bertz CT molecular complexity index is 456. The van der Waals surface area contributed by atoms with Gasteiger partial charge in [-0.05, 0) is 12.0 Å². The summed E-state index contributed by atoms with van der Waals surface area (Å²) in [5.74, 6) is -2.25. The van der Waals surface area contributed by atoms with Crippen LogP contribution in [0.3, 0.4) is 0 Å². The molecular weight excluding hydrogens is 308 g/mol. The fourth-order valence-corrected chi connectivity index (χ4v) is 3.06. The van der Waals surface area contributed by atoms with E-state index in [4.69, 9.17) is 0 Å². The molecule has 1 aromatic rings. The summed E-state index contributed by atoms with van der Waals surface area (Å²) in [6, 6.07) is 1.58. The van der Waals surface area contributed by atoms with Crippen molar-refractivity contribution >= 4 is 21.6 Å². The molecule has 1 rings (SSSR count). The molecule has 0 radical (unpaired) electrons. The Morgan fingerprint density at radius 1 is 1.28 bits per heavy atom. The number of nitrogens with zero attached hydrogens (tertiary/aromatic N) is 1. The van der Waals surface area contributed by atoms with Crippen LogP contribution in [0.2, 0.25) is 0 Å². The van der Waals surface area contributed by atoms with Gasteiger partial charge in [-0.15, -0.1) is 0 Å². The molecule has 0 aliphatic rings. The van der Waals surface area contributed by atoms with Crippen LogP contribution in [0.4, 0.5) is 14.5 Å². The van der Waals surface area contributed by atoms with Crippen molar-refractivity contribution in [3.63, 3.8) is 0 Å². The molecule has 0 saturated carbocycles. The SMILES string of the molecule is CC(C)C(c1cc(F)cc(F)c1[N+](=O)[O-])C(C)Br. The van der Waals surface area contributed by atoms with E-state index < -0.39 is 22.2 Å². The van der Waals surface area contributed by atoms with E-state index in [0.29, 0.717) is 6.07 Å². The van der Waals surface area contributed by atoms with Gasteiger partial charge in [-0.25, -0.2) is 4.39 Å². The molecule has 0 aliphatic carbocycles. The number of halogens is 3. The molecule has 0 fully saturated rings. The molecule has 0 N–H and O–H groups in total. The highest BCUT2D eigenvalue weighted by Crippen LogP contribution is 2.38. The Kier molecular flexibility index (Phi) is 4.78. The summed E-state index contributed by atoms with van der Waals surface area (Å²) in [6.45, 7) is 5.52. The van der Waals surface area contributed by atoms with Crippen molar-refractivity contribution < 1.29 is 13.7 Å². The summed E-state index contributed by atoms with van der Waals surface area (Å²) in [4.78, 5) is 10.0. The molecule has 0 heterocycles. The Morgan fingerprint density at radius 3 is 2.22 bits per heavy atom. The van der Waals surface area contributed by atoms with Gasteiger partial charge in [-0.3, -0.25) is 10.1 Å². The largest absolute Gasteiger partial charge is 0.308 e. The van der Waals surface area contributed by atoms with Gasteiger partial charge in [0.1, 0.15) is 5.82 Å². The quantitative estimate of drug-likeness (QED) is 0.468. The number of alkyl halides is 1. The van der Waals surface area contributed by atoms with Crippen LogP contribution in [0, 0.1) is 27.7 Å². The Balaban J connectivity index is 3.50. The zero-order valence-corrected chi connectivity index (χ0v) is 11.9. The van der Waals surface area contributed by atoms with Gasteiger partial charge in [-0.2, -0.15) is 4.39 Å². The second-order valence-electron chi connectivity index (χ2n) is 4.53. The number of benzene rings is 1. The third-order valence-electron chi connectivity index (χ3n) is 2.81. The third kappa shape index (κ3) is 3.04. The van der Waals surface area contributed by atoms with Crippen LogP contribution in [-0.2, 0) is 0 Å². The zero-order valence-electron chi connectivity index (χ0n) is 10.3. The maximum absolute atomic E-state index is 13.6. The number of hydrogen-bond donors (Lipinski definition) is 0. The van der Waals surface area contributed by atoms with E-state index in [1.165, 1.54) is 0 Å². The molecule has 0 bridgehead atoms. The van der Waals surface area contributed by atoms with E-state index in [0.717, 1.165) is 6.07 Å². The lowest BCUT2D eigenvalue weighted by Gasteiger charge is -2.24. The molecule has 0 saturated heterocycles. The van der Waals surface area contributed by atoms with Crippen molar-refractivity contribution in [1.82, 2.24) is 0 Å². The second-order valence-corrected chi connectivity index (χ2v) is 5.97. The fourth-order valence-electron chi connectivity index (χ4n) is 2.17. The second kappa shape index (κ2) is 5.73. The highest BCUT2D eigenvalue weighted by atomic mass is 79.9. The first kappa shape index (κ1) is 15.0. The van der Waals surface area contributed by atoms with Gasteiger partial charge in [0.2, 0.25) is 5.82 Å². The van der Waals surface area contributed by atoms with Crippen LogP contribution in [0.1, 0.15) is 32.3 Å². The molecule has 2 atom stereocenters. The number of rotatable bonds is 4. The van der Waals surface area contributed by atoms with Crippen LogP contribution in [0.15, 0.2) is 12.1 Å². The number of nitro benzene ring substituents is 1. The van der Waals surface area contributed by atoms with Crippen LogP contribution in [0.25, 0.3) is 0 Å². The zero-order chi connectivity index (χ0) is 14.0. The number of hydrogen-bond acceptors (Lipinski definition) is 2. The Hall–Kier alpha value is -1.04. The first-order valence-electron chi connectivity index (χ1n) is 5.53. The van der Waals surface area contributed by atoms with Crippen molar-refractivity contribution in [3.05, 3.63) is 39.4 Å². The summed E-state index contributed by atoms with van der Waals surface area (Å²) >= 11 is 3.34. The Labute approximate surface area is 112 Å². The first-order chi connectivity index (χ1) is 8.25. The Morgan fingerprint density at radius 2 is 1.83 bits per heavy atom. The lowest BCUT2D eigenvalue weighted by Crippen LogP contribution is -2.18. The smallest absolute Gasteiger partial charge is 0.258 e. The van der Waals surface area contributed by atoms with Crippen molar-refractivity contribution in [1.29, 1.82) is 0 Å². The molecule has 0 aromatic heterocycles. The van der Waals surface area contributed by atoms with Gasteiger partial charge in [-0.1, -0.05) is 36.7 Å². The maximum Gasteiger partial charge on any atom is 0.308 e. The highest BCUT2D eigenvalue weighted by molar-refractivity contribution is 9.09. The highest BCUT2D eigenvalue weighted by Gasteiger charge is 2.31. The molecule has 0 amide bonds. The average Bonchev–Trinajstić information content (AvgIpc) is 2.13. The van der Waals surface area contributed by atoms with Crippen LogP contribution < -0.4 is 0 Å². The van der Waals surface area contributed by atoms with Crippen molar-refractivity contribution in [3.8, 4) is 0 Å². The van der Waals surface area contributed by atoms with Gasteiger partial charge in [0, 0.05) is 22.4 Å². The first-order valence-corrected chi connectivity index (χ1v) is 6.44. The molecule has 1 aromatic carbocycles. The topological polar surface area (TPSA) is 43.1 Å². The minimum Gasteiger partial charge on any atom is -0.258 e. The van der Waals surface area contributed by atoms with Crippen LogP contribution >= 0.6 is 15.9 Å². The summed E-state index contributed by atoms with van der Waals surface area (Å²) in [5, 5.41) is 10.9. The van der Waals surface area contributed by atoms with E-state index in [1.807, 2.05) is 13.8 Å². The summed E-state index contributed by atoms with van der Waals surface area (Å²) in [7, 11) is 0. The lowest BCUT2D eigenvalue weighted by atomic mass is 9.85. The molecule has 6 heteroatoms. The molecule has 2 unspecified atom stereocenters. The summed E-state index contributed by atoms with van der Waals surface area (Å²) < 4.78 is 26.8. The van der Waals surface area contributed by atoms with E-state index in [2.05, 4.69) is 15.9 Å². The lowest BCUT2D eigenvalue weighted by molar-refractivity contribution is -0.388. The van der Waals surface area contributed by atoms with E-state index in [9.17, 15) is 18.9 Å². The maximum atomic E-state index is 13.6. The fraction of sp³-hybridized carbons (Fsp3) is 0.500. The van der Waals surface area contributed by atoms with Crippen LogP contribution in [-0.4, -0.2) is 9.75 Å². The predicted octanol–water partition coefficient (Wildman–Crippen LogP) is 4.40. The monoisotopic (exact) mass is 321 g/mol. The van der Waals surface area contributed by atoms with Crippen LogP contribution in [0.5, 0.6) is 0 Å². The van der Waals surface area contributed by atoms with E-state index in [-0.39, 0.29) is 22.2 Å². The van der Waals surface area contributed by atoms with Gasteiger partial charge in [0.25, 0.3) is 0 Å². The normalized spacial score (nSPS) is 14.6. The standard InChI is InChI=1S/C12H14BrF2NO2/c1-6(2)11(7(3)13)9-4-8(14)5-10(15)12(9)16(17)18/h4-7,11H,1-3H3. The van der Waals surface area contributed by atoms with Crippen molar-refractivity contribution in [2.75, 3.05) is 0 Å². The summed E-state index contributed by atoms with van der Waals surface area (Å²) in [6.07, 6.45) is 0. The molecular formula is C12H14BrF2NO2. The van der Waals surface area contributed by atoms with E-state index in [1.54, 1.807) is 6.92 Å². The van der Waals surface area contributed by atoms with Gasteiger partial charge < -0.3 is 0 Å². The molecule has 100 valence electrons. The van der Waals surface area contributed by atoms with E-state index >= 15 is 0 Å². The van der Waals surface area contributed by atoms with Crippen molar-refractivity contribution in [2.24, 2.45) is 5.92 Å². The average molecular weight is 322 g/mol. The molecule has 0 spiro atoms. The van der Waals surface area contributed by atoms with Gasteiger partial charge in [0.15, 0.2) is 0 Å². The van der Waals surface area contributed by atoms with Gasteiger partial charge in [0.05, 0.1) is 4.92 Å². The minimum absolute atomic E-state index is 0.0132. The molecule has 0 aliphatic heterocycles. The number of nitro groups is 1. The predicted molar refractivity (Wildman–Crippen MR) is 69.0 cm³/mol. The summed E-state index contributed by atoms with van der Waals surface area (Å²) in [5.41, 5.74) is -0.543. The van der Waals surface area contributed by atoms with Gasteiger partial charge >= 0.3 is 5.69 Å². The molecule has 3 nitrogen and oxygen atoms in total.